The van der Waals surface area contributed by atoms with Gasteiger partial charge in [0.15, 0.2) is 11.5 Å². The van der Waals surface area contributed by atoms with Gasteiger partial charge in [-0.1, -0.05) is 11.6 Å². The molecule has 0 fully saturated rings. The van der Waals surface area contributed by atoms with E-state index in [1.807, 2.05) is 24.3 Å². The molecule has 1 atom stereocenters. The maximum atomic E-state index is 12.6. The van der Waals surface area contributed by atoms with Gasteiger partial charge in [-0.3, -0.25) is 0 Å². The van der Waals surface area contributed by atoms with Crippen LogP contribution in [-0.2, 0) is 10.0 Å². The summed E-state index contributed by atoms with van der Waals surface area (Å²) in [6.07, 6.45) is 2.92. The molecule has 3 aromatic rings. The second-order valence-electron chi connectivity index (χ2n) is 7.19. The number of hydrogen-bond acceptors (Lipinski definition) is 7. The van der Waals surface area contributed by atoms with Crippen LogP contribution in [0.2, 0.25) is 5.15 Å². The van der Waals surface area contributed by atoms with Crippen LogP contribution in [0.4, 0.5) is 0 Å². The van der Waals surface area contributed by atoms with E-state index in [9.17, 15) is 8.42 Å². The van der Waals surface area contributed by atoms with Gasteiger partial charge in [-0.25, -0.2) is 13.4 Å². The van der Waals surface area contributed by atoms with Gasteiger partial charge in [0.1, 0.15) is 10.9 Å². The Morgan fingerprint density at radius 1 is 1.00 bits per heavy atom. The van der Waals surface area contributed by atoms with Crippen molar-refractivity contribution in [1.82, 2.24) is 14.8 Å². The summed E-state index contributed by atoms with van der Waals surface area (Å²) in [7, 11) is 1.03. The number of fused-ring (bicyclic) bond motifs is 1. The summed E-state index contributed by atoms with van der Waals surface area (Å²) in [6, 6.07) is 11.9. The molecule has 1 aliphatic rings. The Labute approximate surface area is 191 Å². The minimum absolute atomic E-state index is 0.205. The number of benzene rings is 2. The van der Waals surface area contributed by atoms with Gasteiger partial charge in [-0.15, -0.1) is 4.41 Å². The van der Waals surface area contributed by atoms with Crippen LogP contribution in [0.5, 0.6) is 17.2 Å². The Bertz CT molecular complexity index is 1330. The molecule has 0 aliphatic carbocycles. The summed E-state index contributed by atoms with van der Waals surface area (Å²) in [4.78, 5) is 4.46. The first-order valence-corrected chi connectivity index (χ1v) is 11.8. The van der Waals surface area contributed by atoms with Crippen LogP contribution in [0.25, 0.3) is 16.6 Å². The van der Waals surface area contributed by atoms with E-state index in [-0.39, 0.29) is 5.15 Å². The van der Waals surface area contributed by atoms with Crippen LogP contribution in [0, 0.1) is 0 Å². The zero-order valence-electron chi connectivity index (χ0n) is 17.9. The number of ether oxygens (including phenoxy) is 3. The predicted molar refractivity (Wildman–Crippen MR) is 123 cm³/mol. The molecule has 1 aromatic heterocycles. The van der Waals surface area contributed by atoms with Gasteiger partial charge in [-0.05, 0) is 42.5 Å². The lowest BCUT2D eigenvalue weighted by Crippen LogP contribution is -2.38. The average Bonchev–Trinajstić information content (AvgIpc) is 3.23. The maximum Gasteiger partial charge on any atom is 0.228 e. The zero-order chi connectivity index (χ0) is 23.0. The van der Waals surface area contributed by atoms with E-state index in [1.54, 1.807) is 45.6 Å². The van der Waals surface area contributed by atoms with Crippen molar-refractivity contribution in [1.29, 1.82) is 0 Å². The van der Waals surface area contributed by atoms with Crippen LogP contribution in [0.3, 0.4) is 0 Å². The van der Waals surface area contributed by atoms with E-state index in [4.69, 9.17) is 25.8 Å². The second-order valence-corrected chi connectivity index (χ2v) is 9.41. The fourth-order valence-electron chi connectivity index (χ4n) is 3.60. The largest absolute Gasteiger partial charge is 0.497 e. The maximum absolute atomic E-state index is 12.6. The summed E-state index contributed by atoms with van der Waals surface area (Å²) in [6.45, 7) is 0. The SMILES string of the molecule is COc1ccc2cc([C@H]3C=C(c4ccc(OC)c(OC)c4)NN3S(C)(=O)=O)c(Cl)nc2c1. The third kappa shape index (κ3) is 4.06. The lowest BCUT2D eigenvalue weighted by atomic mass is 10.0. The Balaban J connectivity index is 1.82. The topological polar surface area (TPSA) is 90.0 Å². The first-order valence-electron chi connectivity index (χ1n) is 9.59. The molecule has 32 heavy (non-hydrogen) atoms. The van der Waals surface area contributed by atoms with Crippen molar-refractivity contribution in [2.24, 2.45) is 0 Å². The number of hydrazine groups is 1. The van der Waals surface area contributed by atoms with Crippen LogP contribution in [0.15, 0.2) is 48.5 Å². The highest BCUT2D eigenvalue weighted by Gasteiger charge is 2.35. The van der Waals surface area contributed by atoms with E-state index in [0.29, 0.717) is 34.0 Å². The summed E-state index contributed by atoms with van der Waals surface area (Å²) >= 11 is 6.51. The van der Waals surface area contributed by atoms with Crippen molar-refractivity contribution < 1.29 is 22.6 Å². The number of nitrogens with zero attached hydrogens (tertiary/aromatic N) is 2. The lowest BCUT2D eigenvalue weighted by molar-refractivity contribution is 0.350. The Kier molecular flexibility index (Phi) is 5.89. The summed E-state index contributed by atoms with van der Waals surface area (Å²) in [5.41, 5.74) is 5.51. The van der Waals surface area contributed by atoms with Crippen LogP contribution >= 0.6 is 11.6 Å². The second kappa shape index (κ2) is 8.50. The smallest absolute Gasteiger partial charge is 0.228 e. The summed E-state index contributed by atoms with van der Waals surface area (Å²) in [5, 5.41) is 1.02. The molecule has 0 bridgehead atoms. The van der Waals surface area contributed by atoms with Crippen LogP contribution < -0.4 is 19.6 Å². The zero-order valence-corrected chi connectivity index (χ0v) is 19.5. The molecule has 8 nitrogen and oxygen atoms in total. The van der Waals surface area contributed by atoms with Crippen molar-refractivity contribution in [2.75, 3.05) is 27.6 Å². The molecule has 168 valence electrons. The molecule has 0 saturated heterocycles. The van der Waals surface area contributed by atoms with Gasteiger partial charge in [0.2, 0.25) is 10.0 Å². The highest BCUT2D eigenvalue weighted by molar-refractivity contribution is 7.88. The van der Waals surface area contributed by atoms with E-state index in [1.165, 1.54) is 0 Å². The fraction of sp³-hybridized carbons (Fsp3) is 0.227. The minimum Gasteiger partial charge on any atom is -0.497 e. The minimum atomic E-state index is -3.64. The molecule has 10 heteroatoms. The molecule has 0 radical (unpaired) electrons. The summed E-state index contributed by atoms with van der Waals surface area (Å²) < 4.78 is 42.2. The average molecular weight is 476 g/mol. The van der Waals surface area contributed by atoms with Crippen molar-refractivity contribution in [2.45, 2.75) is 6.04 Å². The Morgan fingerprint density at radius 3 is 2.41 bits per heavy atom. The number of nitrogens with one attached hydrogen (secondary N) is 1. The Hall–Kier alpha value is -3.01. The highest BCUT2D eigenvalue weighted by Crippen LogP contribution is 2.39. The van der Waals surface area contributed by atoms with Crippen LogP contribution in [0.1, 0.15) is 17.2 Å². The number of hydrogen-bond donors (Lipinski definition) is 1. The first-order chi connectivity index (χ1) is 15.2. The van der Waals surface area contributed by atoms with Gasteiger partial charge in [0.05, 0.1) is 44.8 Å². The van der Waals surface area contributed by atoms with Crippen molar-refractivity contribution in [3.63, 3.8) is 0 Å². The molecule has 2 heterocycles. The molecular weight excluding hydrogens is 454 g/mol. The van der Waals surface area contributed by atoms with E-state index in [0.717, 1.165) is 21.6 Å². The van der Waals surface area contributed by atoms with E-state index < -0.39 is 16.1 Å². The number of methoxy groups -OCH3 is 3. The molecule has 1 aliphatic heterocycles. The normalized spacial score (nSPS) is 16.5. The third-order valence-corrected chi connectivity index (χ3v) is 6.52. The predicted octanol–water partition coefficient (Wildman–Crippen LogP) is 3.78. The molecule has 0 unspecified atom stereocenters. The lowest BCUT2D eigenvalue weighted by Gasteiger charge is -2.23. The number of sulfonamides is 1. The molecule has 0 spiro atoms. The molecule has 4 rings (SSSR count). The van der Waals surface area contributed by atoms with Crippen LogP contribution in [-0.4, -0.2) is 45.4 Å². The molecule has 0 amide bonds. The number of aromatic nitrogens is 1. The Morgan fingerprint density at radius 2 is 1.75 bits per heavy atom. The van der Waals surface area contributed by atoms with E-state index in [2.05, 4.69) is 10.4 Å². The van der Waals surface area contributed by atoms with Gasteiger partial charge in [-0.2, -0.15) is 0 Å². The van der Waals surface area contributed by atoms with Gasteiger partial charge in [0, 0.05) is 22.6 Å². The number of rotatable bonds is 6. The van der Waals surface area contributed by atoms with Gasteiger partial charge in [0.25, 0.3) is 0 Å². The number of pyridine rings is 1. The van der Waals surface area contributed by atoms with Crippen molar-refractivity contribution in [3.8, 4) is 17.2 Å². The van der Waals surface area contributed by atoms with Gasteiger partial charge < -0.3 is 19.6 Å². The third-order valence-electron chi connectivity index (χ3n) is 5.18. The summed E-state index contributed by atoms with van der Waals surface area (Å²) in [5.74, 6) is 1.76. The quantitative estimate of drug-likeness (QED) is 0.542. The first kappa shape index (κ1) is 22.2. The standard InChI is InChI=1S/C22H22ClN3O5S/c1-29-15-7-5-13-9-16(22(23)24-17(13)11-15)19-12-18(25-26(19)32(4,27)28)14-6-8-20(30-2)21(10-14)31-3/h5-12,19,25H,1-4H3/t19-/m1/s1. The van der Waals surface area contributed by atoms with E-state index >= 15 is 0 Å². The molecular formula is C22H22ClN3O5S. The molecule has 2 aromatic carbocycles. The van der Waals surface area contributed by atoms with Crippen molar-refractivity contribution in [3.05, 3.63) is 64.8 Å². The monoisotopic (exact) mass is 475 g/mol. The molecule has 1 N–H and O–H groups in total. The molecule has 0 saturated carbocycles. The highest BCUT2D eigenvalue weighted by atomic mass is 35.5. The van der Waals surface area contributed by atoms with Crippen molar-refractivity contribution >= 4 is 38.2 Å². The number of halogens is 1. The fourth-order valence-corrected chi connectivity index (χ4v) is 4.70. The van der Waals surface area contributed by atoms with Gasteiger partial charge >= 0.3 is 0 Å².